The number of carbonyl (C=O) groups excluding carboxylic acids is 2. The molecule has 0 amide bonds. The number of carbonyl (C=O) groups is 3. The Bertz CT molecular complexity index is 480. The molecule has 1 aromatic rings. The number of hydrogen-bond acceptors (Lipinski definition) is 5. The minimum atomic E-state index is -1.19. The highest BCUT2D eigenvalue weighted by Crippen LogP contribution is 2.18. The van der Waals surface area contributed by atoms with E-state index in [9.17, 15) is 14.4 Å². The summed E-state index contributed by atoms with van der Waals surface area (Å²) < 4.78 is 9.57. The van der Waals surface area contributed by atoms with Crippen molar-refractivity contribution in [1.82, 2.24) is 0 Å². The van der Waals surface area contributed by atoms with E-state index in [0.29, 0.717) is 0 Å². The van der Waals surface area contributed by atoms with Gasteiger partial charge < -0.3 is 14.6 Å². The molecule has 0 fully saturated rings. The fourth-order valence-electron chi connectivity index (χ4n) is 1.34. The van der Waals surface area contributed by atoms with E-state index >= 15 is 0 Å². The molecule has 1 aromatic carbocycles. The van der Waals surface area contributed by atoms with Gasteiger partial charge in [-0.1, -0.05) is 12.1 Å². The average molecular weight is 266 g/mol. The van der Waals surface area contributed by atoms with E-state index < -0.39 is 17.9 Å². The second-order valence-corrected chi connectivity index (χ2v) is 3.58. The summed E-state index contributed by atoms with van der Waals surface area (Å²) in [6, 6.07) is 5.79. The molecular weight excluding hydrogens is 252 g/mol. The van der Waals surface area contributed by atoms with Crippen molar-refractivity contribution in [2.24, 2.45) is 0 Å². The molecule has 0 aliphatic carbocycles. The molecular formula is C13H14O6. The quantitative estimate of drug-likeness (QED) is 0.621. The summed E-state index contributed by atoms with van der Waals surface area (Å²) in [5, 5.41) is 8.90. The monoisotopic (exact) mass is 266 g/mol. The van der Waals surface area contributed by atoms with Crippen LogP contribution in [0, 0.1) is 0 Å². The Balaban J connectivity index is 2.58. The number of benzene rings is 1. The Morgan fingerprint density at radius 1 is 1.11 bits per heavy atom. The Morgan fingerprint density at radius 3 is 2.37 bits per heavy atom. The number of aromatic carboxylic acids is 1. The molecule has 0 aliphatic rings. The minimum Gasteiger partial charge on any atom is -0.478 e. The summed E-state index contributed by atoms with van der Waals surface area (Å²) in [5.41, 5.74) is -0.105. The summed E-state index contributed by atoms with van der Waals surface area (Å²) in [6.45, 7) is 1.91. The number of carboxylic acids is 1. The topological polar surface area (TPSA) is 89.9 Å². The largest absolute Gasteiger partial charge is 0.478 e. The van der Waals surface area contributed by atoms with E-state index in [1.54, 1.807) is 13.0 Å². The predicted molar refractivity (Wildman–Crippen MR) is 64.9 cm³/mol. The van der Waals surface area contributed by atoms with Crippen LogP contribution in [0.1, 0.15) is 30.1 Å². The van der Waals surface area contributed by atoms with Gasteiger partial charge in [-0.25, -0.2) is 4.79 Å². The lowest BCUT2D eigenvalue weighted by molar-refractivity contribution is -0.146. The first-order chi connectivity index (χ1) is 9.04. The van der Waals surface area contributed by atoms with Gasteiger partial charge in [0.05, 0.1) is 19.4 Å². The zero-order valence-corrected chi connectivity index (χ0v) is 10.4. The Labute approximate surface area is 109 Å². The second kappa shape index (κ2) is 7.15. The molecule has 6 nitrogen and oxygen atoms in total. The van der Waals surface area contributed by atoms with Gasteiger partial charge in [-0.15, -0.1) is 0 Å². The third-order valence-electron chi connectivity index (χ3n) is 2.18. The number of para-hydroxylation sites is 1. The zero-order chi connectivity index (χ0) is 14.3. The molecule has 0 saturated heterocycles. The van der Waals surface area contributed by atoms with Gasteiger partial charge in [-0.3, -0.25) is 9.59 Å². The Kier molecular flexibility index (Phi) is 5.53. The van der Waals surface area contributed by atoms with Crippen LogP contribution in [0.15, 0.2) is 24.3 Å². The van der Waals surface area contributed by atoms with Crippen LogP contribution in [0.25, 0.3) is 0 Å². The van der Waals surface area contributed by atoms with Gasteiger partial charge in [0.2, 0.25) is 0 Å². The summed E-state index contributed by atoms with van der Waals surface area (Å²) in [7, 11) is 0. The lowest BCUT2D eigenvalue weighted by Gasteiger charge is -2.06. The third kappa shape index (κ3) is 4.79. The van der Waals surface area contributed by atoms with Crippen molar-refractivity contribution in [3.8, 4) is 5.75 Å². The first-order valence-corrected chi connectivity index (χ1v) is 5.73. The Morgan fingerprint density at radius 2 is 1.74 bits per heavy atom. The van der Waals surface area contributed by atoms with E-state index in [1.807, 2.05) is 0 Å². The fraction of sp³-hybridized carbons (Fsp3) is 0.308. The normalized spacial score (nSPS) is 9.74. The first kappa shape index (κ1) is 14.7. The maximum absolute atomic E-state index is 11.5. The van der Waals surface area contributed by atoms with Crippen molar-refractivity contribution in [2.75, 3.05) is 6.61 Å². The fourth-order valence-corrected chi connectivity index (χ4v) is 1.34. The molecule has 0 aromatic heterocycles. The predicted octanol–water partition coefficient (Wildman–Crippen LogP) is 1.63. The maximum atomic E-state index is 11.5. The van der Waals surface area contributed by atoms with E-state index in [1.165, 1.54) is 18.2 Å². The minimum absolute atomic E-state index is 0.0381. The molecule has 0 atom stereocenters. The van der Waals surface area contributed by atoms with Crippen LogP contribution >= 0.6 is 0 Å². The van der Waals surface area contributed by atoms with Crippen molar-refractivity contribution in [3.05, 3.63) is 29.8 Å². The molecule has 19 heavy (non-hydrogen) atoms. The van der Waals surface area contributed by atoms with Crippen LogP contribution in [0.2, 0.25) is 0 Å². The van der Waals surface area contributed by atoms with Crippen LogP contribution in [-0.4, -0.2) is 29.6 Å². The maximum Gasteiger partial charge on any atom is 0.339 e. The number of rotatable bonds is 6. The van der Waals surface area contributed by atoms with Gasteiger partial charge in [-0.05, 0) is 19.1 Å². The molecule has 0 radical (unpaired) electrons. The van der Waals surface area contributed by atoms with Gasteiger partial charge in [0, 0.05) is 0 Å². The summed E-state index contributed by atoms with van der Waals surface area (Å²) in [4.78, 5) is 33.4. The summed E-state index contributed by atoms with van der Waals surface area (Å²) in [5.74, 6) is -2.40. The van der Waals surface area contributed by atoms with E-state index in [0.717, 1.165) is 0 Å². The van der Waals surface area contributed by atoms with E-state index in [2.05, 4.69) is 4.74 Å². The van der Waals surface area contributed by atoms with Gasteiger partial charge in [0.25, 0.3) is 0 Å². The number of esters is 2. The lowest BCUT2D eigenvalue weighted by atomic mass is 10.2. The van der Waals surface area contributed by atoms with Gasteiger partial charge in [0.15, 0.2) is 0 Å². The lowest BCUT2D eigenvalue weighted by Crippen LogP contribution is -2.14. The molecule has 6 heteroatoms. The van der Waals surface area contributed by atoms with Crippen LogP contribution in [0.4, 0.5) is 0 Å². The molecule has 1 rings (SSSR count). The molecule has 0 unspecified atom stereocenters. The SMILES string of the molecule is CCOC(=O)CCC(=O)Oc1ccccc1C(=O)O. The molecule has 1 N–H and O–H groups in total. The molecule has 0 aliphatic heterocycles. The molecule has 0 bridgehead atoms. The zero-order valence-electron chi connectivity index (χ0n) is 10.4. The van der Waals surface area contributed by atoms with Gasteiger partial charge in [-0.2, -0.15) is 0 Å². The summed E-state index contributed by atoms with van der Waals surface area (Å²) in [6.07, 6.45) is -0.255. The highest BCUT2D eigenvalue weighted by molar-refractivity contribution is 5.92. The van der Waals surface area contributed by atoms with Crippen molar-refractivity contribution < 1.29 is 29.0 Å². The second-order valence-electron chi connectivity index (χ2n) is 3.58. The van der Waals surface area contributed by atoms with E-state index in [-0.39, 0.29) is 30.8 Å². The first-order valence-electron chi connectivity index (χ1n) is 5.73. The molecule has 0 spiro atoms. The standard InChI is InChI=1S/C13H14O6/c1-2-18-11(14)7-8-12(15)19-10-6-4-3-5-9(10)13(16)17/h3-6H,2,7-8H2,1H3,(H,16,17). The highest BCUT2D eigenvalue weighted by Gasteiger charge is 2.15. The molecule has 102 valence electrons. The smallest absolute Gasteiger partial charge is 0.339 e. The van der Waals surface area contributed by atoms with Crippen molar-refractivity contribution >= 4 is 17.9 Å². The van der Waals surface area contributed by atoms with Crippen LogP contribution in [0.3, 0.4) is 0 Å². The van der Waals surface area contributed by atoms with Crippen LogP contribution in [-0.2, 0) is 14.3 Å². The van der Waals surface area contributed by atoms with Crippen LogP contribution < -0.4 is 4.74 Å². The van der Waals surface area contributed by atoms with Crippen molar-refractivity contribution in [2.45, 2.75) is 19.8 Å². The highest BCUT2D eigenvalue weighted by atomic mass is 16.5. The van der Waals surface area contributed by atoms with Crippen molar-refractivity contribution in [1.29, 1.82) is 0 Å². The van der Waals surface area contributed by atoms with Crippen molar-refractivity contribution in [3.63, 3.8) is 0 Å². The number of carboxylic acid groups (broad SMARTS) is 1. The molecule has 0 saturated carbocycles. The molecule has 0 heterocycles. The average Bonchev–Trinajstić information content (AvgIpc) is 2.37. The van der Waals surface area contributed by atoms with Crippen LogP contribution in [0.5, 0.6) is 5.75 Å². The Hall–Kier alpha value is -2.37. The van der Waals surface area contributed by atoms with E-state index in [4.69, 9.17) is 9.84 Å². The number of ether oxygens (including phenoxy) is 2. The van der Waals surface area contributed by atoms with Gasteiger partial charge >= 0.3 is 17.9 Å². The van der Waals surface area contributed by atoms with Gasteiger partial charge in [0.1, 0.15) is 11.3 Å². The third-order valence-corrected chi connectivity index (χ3v) is 2.18. The number of hydrogen-bond donors (Lipinski definition) is 1. The summed E-state index contributed by atoms with van der Waals surface area (Å²) >= 11 is 0.